The minimum atomic E-state index is -0.487. The van der Waals surface area contributed by atoms with E-state index in [1.807, 2.05) is 0 Å². The van der Waals surface area contributed by atoms with Crippen LogP contribution < -0.4 is 11.3 Å². The van der Waals surface area contributed by atoms with Gasteiger partial charge in [0.25, 0.3) is 5.69 Å². The lowest BCUT2D eigenvalue weighted by atomic mass is 10.1. The van der Waals surface area contributed by atoms with Crippen LogP contribution in [0.3, 0.4) is 0 Å². The van der Waals surface area contributed by atoms with E-state index in [0.717, 1.165) is 12.1 Å². The molecule has 106 valence electrons. The van der Waals surface area contributed by atoms with Crippen LogP contribution in [0, 0.1) is 21.4 Å². The molecule has 0 aromatic heterocycles. The number of nitrogens with zero attached hydrogens (tertiary/aromatic N) is 3. The number of ether oxygens (including phenoxy) is 1. The molecule has 8 heteroatoms. The number of nitrogen functional groups attached to an aromatic ring is 1. The van der Waals surface area contributed by atoms with E-state index in [1.54, 1.807) is 12.1 Å². The lowest BCUT2D eigenvalue weighted by Gasteiger charge is -2.29. The summed E-state index contributed by atoms with van der Waals surface area (Å²) in [4.78, 5) is 12.4. The Kier molecular flexibility index (Phi) is 4.47. The molecule has 2 rings (SSSR count). The zero-order valence-corrected chi connectivity index (χ0v) is 10.8. The van der Waals surface area contributed by atoms with Crippen molar-refractivity contribution in [1.29, 1.82) is 5.26 Å². The van der Waals surface area contributed by atoms with Gasteiger partial charge in [0, 0.05) is 25.7 Å². The van der Waals surface area contributed by atoms with Gasteiger partial charge in [0.2, 0.25) is 0 Å². The molecule has 1 saturated heterocycles. The normalized spacial score (nSPS) is 19.3. The van der Waals surface area contributed by atoms with Crippen molar-refractivity contribution in [3.8, 4) is 6.07 Å². The van der Waals surface area contributed by atoms with E-state index in [-0.39, 0.29) is 11.4 Å². The highest BCUT2D eigenvalue weighted by atomic mass is 16.6. The van der Waals surface area contributed by atoms with Gasteiger partial charge in [-0.2, -0.15) is 5.26 Å². The summed E-state index contributed by atoms with van der Waals surface area (Å²) in [5.74, 6) is 5.30. The minimum absolute atomic E-state index is 0.0619. The third kappa shape index (κ3) is 3.21. The Hall–Kier alpha value is -2.21. The summed E-state index contributed by atoms with van der Waals surface area (Å²) in [6, 6.07) is 6.84. The highest BCUT2D eigenvalue weighted by molar-refractivity contribution is 5.62. The van der Waals surface area contributed by atoms with E-state index in [0.29, 0.717) is 19.7 Å². The molecule has 1 aliphatic rings. The minimum Gasteiger partial charge on any atom is -0.361 e. The zero-order chi connectivity index (χ0) is 14.5. The predicted octanol–water partition coefficient (Wildman–Crippen LogP) is 0.605. The van der Waals surface area contributed by atoms with Gasteiger partial charge >= 0.3 is 0 Å². The zero-order valence-electron chi connectivity index (χ0n) is 10.8. The Morgan fingerprint density at radius 2 is 2.45 bits per heavy atom. The van der Waals surface area contributed by atoms with Gasteiger partial charge in [0.1, 0.15) is 5.69 Å². The number of benzene rings is 1. The quantitative estimate of drug-likeness (QED) is 0.470. The SMILES string of the molecule is N#CC1CN(Cc2ccc([N+](=O)[O-])c(NN)c2)CCO1. The topological polar surface area (TPSA) is 117 Å². The van der Waals surface area contributed by atoms with Crippen LogP contribution >= 0.6 is 0 Å². The molecule has 0 bridgehead atoms. The number of anilines is 1. The second-order valence-corrected chi connectivity index (χ2v) is 4.48. The van der Waals surface area contributed by atoms with Gasteiger partial charge < -0.3 is 10.2 Å². The molecule has 0 radical (unpaired) electrons. The van der Waals surface area contributed by atoms with Crippen LogP contribution in [0.5, 0.6) is 0 Å². The maximum absolute atomic E-state index is 10.8. The summed E-state index contributed by atoms with van der Waals surface area (Å²) in [5, 5.41) is 19.7. The molecule has 1 fully saturated rings. The van der Waals surface area contributed by atoms with Crippen LogP contribution in [-0.4, -0.2) is 35.6 Å². The van der Waals surface area contributed by atoms with Crippen LogP contribution in [0.2, 0.25) is 0 Å². The lowest BCUT2D eigenvalue weighted by Crippen LogP contribution is -2.41. The van der Waals surface area contributed by atoms with E-state index < -0.39 is 11.0 Å². The van der Waals surface area contributed by atoms with E-state index >= 15 is 0 Å². The van der Waals surface area contributed by atoms with Gasteiger partial charge in [-0.1, -0.05) is 6.07 Å². The highest BCUT2D eigenvalue weighted by Crippen LogP contribution is 2.25. The van der Waals surface area contributed by atoms with Gasteiger partial charge in [-0.05, 0) is 11.6 Å². The molecule has 1 aromatic carbocycles. The fourth-order valence-electron chi connectivity index (χ4n) is 2.14. The molecule has 0 amide bonds. The predicted molar refractivity (Wildman–Crippen MR) is 71.5 cm³/mol. The molecule has 20 heavy (non-hydrogen) atoms. The summed E-state index contributed by atoms with van der Waals surface area (Å²) in [6.45, 7) is 2.35. The van der Waals surface area contributed by atoms with Crippen molar-refractivity contribution < 1.29 is 9.66 Å². The lowest BCUT2D eigenvalue weighted by molar-refractivity contribution is -0.384. The fraction of sp³-hybridized carbons (Fsp3) is 0.417. The summed E-state index contributed by atoms with van der Waals surface area (Å²) in [7, 11) is 0. The molecule has 1 unspecified atom stereocenters. The average molecular weight is 277 g/mol. The van der Waals surface area contributed by atoms with Gasteiger partial charge in [0.05, 0.1) is 17.6 Å². The summed E-state index contributed by atoms with van der Waals surface area (Å²) in [6.07, 6.45) is -0.422. The first-order chi connectivity index (χ1) is 9.63. The number of nitro groups is 1. The fourth-order valence-corrected chi connectivity index (χ4v) is 2.14. The number of nitro benzene ring substituents is 1. The van der Waals surface area contributed by atoms with Crippen molar-refractivity contribution in [3.63, 3.8) is 0 Å². The number of hydrogen-bond donors (Lipinski definition) is 2. The van der Waals surface area contributed by atoms with Crippen molar-refractivity contribution in [3.05, 3.63) is 33.9 Å². The molecular weight excluding hydrogens is 262 g/mol. The monoisotopic (exact) mass is 277 g/mol. The van der Waals surface area contributed by atoms with Crippen LogP contribution in [-0.2, 0) is 11.3 Å². The Labute approximate surface area is 115 Å². The first-order valence-electron chi connectivity index (χ1n) is 6.11. The smallest absolute Gasteiger partial charge is 0.293 e. The third-order valence-electron chi connectivity index (χ3n) is 3.11. The van der Waals surface area contributed by atoms with Crippen molar-refractivity contribution in [2.24, 2.45) is 5.84 Å². The van der Waals surface area contributed by atoms with E-state index in [2.05, 4.69) is 16.4 Å². The van der Waals surface area contributed by atoms with Crippen molar-refractivity contribution >= 4 is 11.4 Å². The maximum atomic E-state index is 10.8. The highest BCUT2D eigenvalue weighted by Gasteiger charge is 2.21. The second-order valence-electron chi connectivity index (χ2n) is 4.48. The van der Waals surface area contributed by atoms with Gasteiger partial charge in [-0.3, -0.25) is 20.9 Å². The number of rotatable bonds is 4. The summed E-state index contributed by atoms with van der Waals surface area (Å²) >= 11 is 0. The molecule has 1 heterocycles. The number of morpholine rings is 1. The number of nitriles is 1. The number of hydrazine groups is 1. The summed E-state index contributed by atoms with van der Waals surface area (Å²) < 4.78 is 5.27. The van der Waals surface area contributed by atoms with Gasteiger partial charge in [-0.15, -0.1) is 0 Å². The Morgan fingerprint density at radius 3 is 3.10 bits per heavy atom. The Bertz CT molecular complexity index is 542. The van der Waals surface area contributed by atoms with Crippen LogP contribution in [0.4, 0.5) is 11.4 Å². The Morgan fingerprint density at radius 1 is 1.65 bits per heavy atom. The maximum Gasteiger partial charge on any atom is 0.293 e. The third-order valence-corrected chi connectivity index (χ3v) is 3.11. The molecular formula is C12H15N5O3. The Balaban J connectivity index is 2.10. The van der Waals surface area contributed by atoms with Gasteiger partial charge in [-0.25, -0.2) is 0 Å². The molecule has 8 nitrogen and oxygen atoms in total. The molecule has 3 N–H and O–H groups in total. The standard InChI is InChI=1S/C12H15N5O3/c13-6-10-8-16(3-4-20-10)7-9-1-2-12(17(18)19)11(5-9)15-14/h1-2,5,10,15H,3-4,7-8,14H2. The van der Waals surface area contributed by atoms with Gasteiger partial charge in [0.15, 0.2) is 6.10 Å². The largest absolute Gasteiger partial charge is 0.361 e. The molecule has 0 saturated carbocycles. The molecule has 0 spiro atoms. The molecule has 1 atom stereocenters. The van der Waals surface area contributed by atoms with Crippen LogP contribution in [0.1, 0.15) is 5.56 Å². The van der Waals surface area contributed by atoms with Crippen LogP contribution in [0.15, 0.2) is 18.2 Å². The second kappa shape index (κ2) is 6.29. The van der Waals surface area contributed by atoms with Crippen molar-refractivity contribution in [2.45, 2.75) is 12.6 Å². The molecule has 1 aliphatic heterocycles. The number of nitrogens with one attached hydrogen (secondary N) is 1. The molecule has 1 aromatic rings. The number of hydrogen-bond acceptors (Lipinski definition) is 7. The van der Waals surface area contributed by atoms with Crippen LogP contribution in [0.25, 0.3) is 0 Å². The van der Waals surface area contributed by atoms with E-state index in [4.69, 9.17) is 15.8 Å². The summed E-state index contributed by atoms with van der Waals surface area (Å²) in [5.41, 5.74) is 3.44. The first-order valence-corrected chi connectivity index (χ1v) is 6.11. The first kappa shape index (κ1) is 14.2. The molecule has 0 aliphatic carbocycles. The van der Waals surface area contributed by atoms with E-state index in [9.17, 15) is 10.1 Å². The number of nitrogens with two attached hydrogens (primary N) is 1. The average Bonchev–Trinajstić information content (AvgIpc) is 2.47. The van der Waals surface area contributed by atoms with E-state index in [1.165, 1.54) is 6.07 Å². The van der Waals surface area contributed by atoms with Crippen molar-refractivity contribution in [1.82, 2.24) is 4.90 Å². The van der Waals surface area contributed by atoms with Crippen molar-refractivity contribution in [2.75, 3.05) is 25.1 Å².